The molecule has 0 atom stereocenters. The number of hydrogen-bond acceptors (Lipinski definition) is 3. The van der Waals surface area contributed by atoms with Gasteiger partial charge in [-0.05, 0) is 58.8 Å². The van der Waals surface area contributed by atoms with E-state index in [1.165, 1.54) is 4.68 Å². The van der Waals surface area contributed by atoms with Gasteiger partial charge >= 0.3 is 0 Å². The molecule has 0 saturated carbocycles. The second-order valence-corrected chi connectivity index (χ2v) is 6.65. The third-order valence-corrected chi connectivity index (χ3v) is 4.75. The molecule has 3 rings (SSSR count). The van der Waals surface area contributed by atoms with Gasteiger partial charge in [-0.15, -0.1) is 0 Å². The number of aryl methyl sites for hydroxylation is 1. The standard InChI is InChI=1S/C17H14ClIN2O2/c1-10-4-3-5-13(18)15(10)17(22)21-14-8-11(9-23-2)6-7-12(14)16(19)20-21/h3-8H,9H2,1-2H3. The molecule has 0 saturated heterocycles. The van der Waals surface area contributed by atoms with Crippen LogP contribution in [0.4, 0.5) is 0 Å². The number of methoxy groups -OCH3 is 1. The molecule has 0 aliphatic carbocycles. The minimum atomic E-state index is -0.226. The van der Waals surface area contributed by atoms with E-state index in [1.54, 1.807) is 13.2 Å². The zero-order chi connectivity index (χ0) is 16.6. The molecule has 6 heteroatoms. The molecule has 0 spiro atoms. The lowest BCUT2D eigenvalue weighted by Gasteiger charge is -2.08. The molecule has 0 bridgehead atoms. The van der Waals surface area contributed by atoms with E-state index in [-0.39, 0.29) is 5.91 Å². The van der Waals surface area contributed by atoms with E-state index in [0.29, 0.717) is 17.2 Å². The summed E-state index contributed by atoms with van der Waals surface area (Å²) in [5, 5.41) is 5.77. The van der Waals surface area contributed by atoms with E-state index in [0.717, 1.165) is 25.7 Å². The van der Waals surface area contributed by atoms with Crippen LogP contribution in [0, 0.1) is 10.6 Å². The minimum absolute atomic E-state index is 0.226. The molecule has 1 heterocycles. The molecule has 1 aromatic heterocycles. The number of rotatable bonds is 3. The number of benzene rings is 2. The SMILES string of the molecule is COCc1ccc2c(I)nn(C(=O)c3c(C)cccc3Cl)c2c1. The lowest BCUT2D eigenvalue weighted by atomic mass is 10.1. The molecular formula is C17H14ClIN2O2. The van der Waals surface area contributed by atoms with Crippen LogP contribution in [0.15, 0.2) is 36.4 Å². The van der Waals surface area contributed by atoms with Gasteiger partial charge in [0.25, 0.3) is 5.91 Å². The summed E-state index contributed by atoms with van der Waals surface area (Å²) in [5.74, 6) is -0.226. The average molecular weight is 441 g/mol. The number of hydrogen-bond donors (Lipinski definition) is 0. The van der Waals surface area contributed by atoms with Crippen molar-refractivity contribution in [2.75, 3.05) is 7.11 Å². The van der Waals surface area contributed by atoms with Crippen LogP contribution in [0.2, 0.25) is 5.02 Å². The highest BCUT2D eigenvalue weighted by atomic mass is 127. The van der Waals surface area contributed by atoms with Gasteiger partial charge < -0.3 is 4.74 Å². The van der Waals surface area contributed by atoms with Crippen molar-refractivity contribution < 1.29 is 9.53 Å². The smallest absolute Gasteiger partial charge is 0.280 e. The van der Waals surface area contributed by atoms with Crippen LogP contribution in [-0.2, 0) is 11.3 Å². The summed E-state index contributed by atoms with van der Waals surface area (Å²) >= 11 is 8.36. The molecule has 0 radical (unpaired) electrons. The Kier molecular flexibility index (Phi) is 4.70. The molecular weight excluding hydrogens is 427 g/mol. The Balaban J connectivity index is 2.19. The summed E-state index contributed by atoms with van der Waals surface area (Å²) in [4.78, 5) is 13.0. The van der Waals surface area contributed by atoms with Gasteiger partial charge in [-0.3, -0.25) is 4.79 Å². The number of carbonyl (C=O) groups is 1. The van der Waals surface area contributed by atoms with Crippen LogP contribution < -0.4 is 0 Å². The average Bonchev–Trinajstić information content (AvgIpc) is 2.84. The number of ether oxygens (including phenoxy) is 1. The molecule has 3 aromatic rings. The summed E-state index contributed by atoms with van der Waals surface area (Å²) in [6.07, 6.45) is 0. The summed E-state index contributed by atoms with van der Waals surface area (Å²) in [5.41, 5.74) is 3.05. The zero-order valence-corrected chi connectivity index (χ0v) is 15.6. The van der Waals surface area contributed by atoms with Crippen LogP contribution in [0.1, 0.15) is 21.5 Å². The normalized spacial score (nSPS) is 11.1. The Hall–Kier alpha value is -1.44. The molecule has 0 unspecified atom stereocenters. The topological polar surface area (TPSA) is 44.1 Å². The van der Waals surface area contributed by atoms with Crippen molar-refractivity contribution >= 4 is 51.0 Å². The first kappa shape index (κ1) is 16.4. The summed E-state index contributed by atoms with van der Waals surface area (Å²) in [7, 11) is 1.64. The third-order valence-electron chi connectivity index (χ3n) is 3.64. The first-order chi connectivity index (χ1) is 11.0. The predicted octanol–water partition coefficient (Wildman–Crippen LogP) is 4.44. The highest BCUT2D eigenvalue weighted by Crippen LogP contribution is 2.26. The van der Waals surface area contributed by atoms with E-state index < -0.39 is 0 Å². The number of carbonyl (C=O) groups excluding carboxylic acids is 1. The Labute approximate surface area is 152 Å². The number of halogens is 2. The Bertz CT molecular complexity index is 885. The largest absolute Gasteiger partial charge is 0.380 e. The maximum Gasteiger partial charge on any atom is 0.280 e. The van der Waals surface area contributed by atoms with Crippen molar-refractivity contribution in [3.63, 3.8) is 0 Å². The van der Waals surface area contributed by atoms with Crippen molar-refractivity contribution in [3.05, 3.63) is 61.8 Å². The first-order valence-electron chi connectivity index (χ1n) is 6.99. The van der Waals surface area contributed by atoms with Crippen molar-refractivity contribution in [2.24, 2.45) is 0 Å². The highest BCUT2D eigenvalue weighted by Gasteiger charge is 2.20. The van der Waals surface area contributed by atoms with Crippen molar-refractivity contribution in [1.29, 1.82) is 0 Å². The number of aromatic nitrogens is 2. The molecule has 118 valence electrons. The fourth-order valence-electron chi connectivity index (χ4n) is 2.54. The van der Waals surface area contributed by atoms with Crippen molar-refractivity contribution in [1.82, 2.24) is 9.78 Å². The molecule has 4 nitrogen and oxygen atoms in total. The van der Waals surface area contributed by atoms with E-state index in [4.69, 9.17) is 16.3 Å². The monoisotopic (exact) mass is 440 g/mol. The van der Waals surface area contributed by atoms with E-state index >= 15 is 0 Å². The van der Waals surface area contributed by atoms with Crippen molar-refractivity contribution in [3.8, 4) is 0 Å². The van der Waals surface area contributed by atoms with Gasteiger partial charge in [-0.2, -0.15) is 9.78 Å². The van der Waals surface area contributed by atoms with E-state index in [9.17, 15) is 4.79 Å². The summed E-state index contributed by atoms with van der Waals surface area (Å²) in [6, 6.07) is 11.3. The quantitative estimate of drug-likeness (QED) is 0.566. The van der Waals surface area contributed by atoms with Crippen LogP contribution in [0.3, 0.4) is 0 Å². The highest BCUT2D eigenvalue weighted by molar-refractivity contribution is 14.1. The fourth-order valence-corrected chi connectivity index (χ4v) is 3.52. The maximum atomic E-state index is 13.0. The van der Waals surface area contributed by atoms with Gasteiger partial charge in [0, 0.05) is 12.5 Å². The molecule has 0 aliphatic rings. The fraction of sp³-hybridized carbons (Fsp3) is 0.176. The van der Waals surface area contributed by atoms with E-state index in [1.807, 2.05) is 37.3 Å². The molecule has 0 N–H and O–H groups in total. The molecule has 23 heavy (non-hydrogen) atoms. The van der Waals surface area contributed by atoms with Crippen molar-refractivity contribution in [2.45, 2.75) is 13.5 Å². The number of fused-ring (bicyclic) bond motifs is 1. The van der Waals surface area contributed by atoms with Gasteiger partial charge in [0.05, 0.1) is 22.7 Å². The van der Waals surface area contributed by atoms with Crippen LogP contribution in [0.25, 0.3) is 10.9 Å². The maximum absolute atomic E-state index is 13.0. The van der Waals surface area contributed by atoms with Gasteiger partial charge in [0.15, 0.2) is 0 Å². The molecule has 0 aliphatic heterocycles. The van der Waals surface area contributed by atoms with Gasteiger partial charge in [0.2, 0.25) is 0 Å². The lowest BCUT2D eigenvalue weighted by molar-refractivity contribution is 0.0949. The number of nitrogens with zero attached hydrogens (tertiary/aromatic N) is 2. The second-order valence-electron chi connectivity index (χ2n) is 5.22. The Morgan fingerprint density at radius 2 is 2.13 bits per heavy atom. The minimum Gasteiger partial charge on any atom is -0.380 e. The molecule has 0 amide bonds. The van der Waals surface area contributed by atoms with Crippen LogP contribution in [-0.4, -0.2) is 22.8 Å². The molecule has 2 aromatic carbocycles. The Morgan fingerprint density at radius 3 is 2.83 bits per heavy atom. The van der Waals surface area contributed by atoms with Crippen LogP contribution >= 0.6 is 34.2 Å². The first-order valence-corrected chi connectivity index (χ1v) is 8.44. The van der Waals surface area contributed by atoms with Crippen LogP contribution in [0.5, 0.6) is 0 Å². The van der Waals surface area contributed by atoms with Gasteiger partial charge in [-0.25, -0.2) is 0 Å². The lowest BCUT2D eigenvalue weighted by Crippen LogP contribution is -2.15. The van der Waals surface area contributed by atoms with Gasteiger partial charge in [0.1, 0.15) is 3.70 Å². The van der Waals surface area contributed by atoms with Gasteiger partial charge in [-0.1, -0.05) is 29.8 Å². The molecule has 0 fully saturated rings. The summed E-state index contributed by atoms with van der Waals surface area (Å²) < 4.78 is 7.37. The zero-order valence-electron chi connectivity index (χ0n) is 12.6. The Morgan fingerprint density at radius 1 is 1.35 bits per heavy atom. The summed E-state index contributed by atoms with van der Waals surface area (Å²) in [6.45, 7) is 2.35. The third kappa shape index (κ3) is 3.00. The van der Waals surface area contributed by atoms with E-state index in [2.05, 4.69) is 27.7 Å². The second kappa shape index (κ2) is 6.59. The predicted molar refractivity (Wildman–Crippen MR) is 99.1 cm³/mol.